The van der Waals surface area contributed by atoms with Crippen LogP contribution >= 0.6 is 0 Å². The van der Waals surface area contributed by atoms with Crippen LogP contribution in [0.15, 0.2) is 0 Å². The maximum absolute atomic E-state index is 11.8. The normalized spacial score (nSPS) is 49.7. The van der Waals surface area contributed by atoms with E-state index in [4.69, 9.17) is 8.92 Å². The molecule has 11 atom stereocenters. The van der Waals surface area contributed by atoms with Gasteiger partial charge in [-0.1, -0.05) is 53.9 Å². The van der Waals surface area contributed by atoms with Crippen molar-refractivity contribution in [3.63, 3.8) is 0 Å². The molecule has 0 spiro atoms. The van der Waals surface area contributed by atoms with E-state index in [1.807, 2.05) is 0 Å². The lowest BCUT2D eigenvalue weighted by molar-refractivity contribution is -0.121. The van der Waals surface area contributed by atoms with Crippen LogP contribution in [0.2, 0.25) is 0 Å². The van der Waals surface area contributed by atoms with Crippen molar-refractivity contribution in [2.45, 2.75) is 117 Å². The summed E-state index contributed by atoms with van der Waals surface area (Å²) in [5, 5.41) is 0. The molecule has 0 aromatic heterocycles. The maximum atomic E-state index is 11.8. The summed E-state index contributed by atoms with van der Waals surface area (Å²) in [4.78, 5) is 0. The lowest BCUT2D eigenvalue weighted by atomic mass is 9.44. The molecule has 190 valence electrons. The van der Waals surface area contributed by atoms with E-state index in [9.17, 15) is 8.42 Å². The van der Waals surface area contributed by atoms with Crippen LogP contribution in [0.3, 0.4) is 0 Å². The molecule has 5 aliphatic rings. The molecule has 4 saturated carbocycles. The second-order valence-corrected chi connectivity index (χ2v) is 15.2. The molecular weight excluding hydrogens is 432 g/mol. The summed E-state index contributed by atoms with van der Waals surface area (Å²) in [7, 11) is -3.44. The van der Waals surface area contributed by atoms with Crippen LogP contribution in [0.25, 0.3) is 0 Å². The van der Waals surface area contributed by atoms with Gasteiger partial charge >= 0.3 is 0 Å². The first-order valence-corrected chi connectivity index (χ1v) is 15.8. The second kappa shape index (κ2) is 8.47. The number of hydrogen-bond acceptors (Lipinski definition) is 4. The van der Waals surface area contributed by atoms with Gasteiger partial charge in [-0.2, -0.15) is 8.42 Å². The Morgan fingerprint density at radius 3 is 2.45 bits per heavy atom. The largest absolute Gasteiger partial charge is 0.366 e. The SMILES string of the molecule is CC(C)CCC[C@@H](C)[C@H]1CC[C@H]2[C@@H]3CC[C@H]4C[C@H](OS(C)(=O)=O)[C@@H]5O[C@@H]5[C@]4(C)[C@H]3CC[C@]12C. The second-order valence-electron chi connectivity index (χ2n) is 13.6. The lowest BCUT2D eigenvalue weighted by Crippen LogP contribution is -2.57. The number of ether oxygens (including phenoxy) is 1. The van der Waals surface area contributed by atoms with Gasteiger partial charge in [0.1, 0.15) is 12.2 Å². The molecule has 1 aliphatic heterocycles. The zero-order chi connectivity index (χ0) is 23.8. The van der Waals surface area contributed by atoms with Gasteiger partial charge in [-0.25, -0.2) is 0 Å². The Bertz CT molecular complexity index is 839. The van der Waals surface area contributed by atoms with Crippen LogP contribution in [-0.4, -0.2) is 33.0 Å². The van der Waals surface area contributed by atoms with Gasteiger partial charge in [-0.3, -0.25) is 4.18 Å². The van der Waals surface area contributed by atoms with Crippen molar-refractivity contribution >= 4 is 10.1 Å². The van der Waals surface area contributed by atoms with E-state index in [-0.39, 0.29) is 23.7 Å². The lowest BCUT2D eigenvalue weighted by Gasteiger charge is -2.60. The van der Waals surface area contributed by atoms with Gasteiger partial charge in [-0.05, 0) is 91.8 Å². The fourth-order valence-electron chi connectivity index (χ4n) is 9.95. The van der Waals surface area contributed by atoms with Gasteiger partial charge in [0.25, 0.3) is 10.1 Å². The molecule has 1 heterocycles. The molecule has 5 fully saturated rings. The summed E-state index contributed by atoms with van der Waals surface area (Å²) >= 11 is 0. The highest BCUT2D eigenvalue weighted by Crippen LogP contribution is 2.70. The molecule has 0 radical (unpaired) electrons. The quantitative estimate of drug-likeness (QED) is 0.311. The maximum Gasteiger partial charge on any atom is 0.264 e. The Labute approximate surface area is 203 Å². The van der Waals surface area contributed by atoms with Crippen LogP contribution in [0.4, 0.5) is 0 Å². The molecule has 0 aromatic carbocycles. The zero-order valence-electron chi connectivity index (χ0n) is 21.9. The molecular formula is C28H48O4S. The van der Waals surface area contributed by atoms with E-state index < -0.39 is 10.1 Å². The smallest absolute Gasteiger partial charge is 0.264 e. The summed E-state index contributed by atoms with van der Waals surface area (Å²) in [5.74, 6) is 5.53. The standard InChI is InChI=1S/C28H48O4S/c1-17(2)8-7-9-18(3)21-12-13-22-20-11-10-19-16-24(32-33(6,29)30)25-26(31-25)28(19,5)23(20)14-15-27(21,22)4/h17-26H,7-16H2,1-6H3/t18-,19+,20+,21-,22+,23+,24+,25+,26+,27-,28+/m1/s1. The third kappa shape index (κ3) is 4.14. The molecule has 4 nitrogen and oxygen atoms in total. The highest BCUT2D eigenvalue weighted by Gasteiger charge is 2.70. The third-order valence-corrected chi connectivity index (χ3v) is 12.1. The predicted octanol–water partition coefficient (Wildman–Crippen LogP) is 6.44. The number of fused-ring (bicyclic) bond motifs is 7. The van der Waals surface area contributed by atoms with E-state index in [2.05, 4.69) is 34.6 Å². The van der Waals surface area contributed by atoms with Gasteiger partial charge in [0, 0.05) is 5.41 Å². The third-order valence-electron chi connectivity index (χ3n) is 11.5. The van der Waals surface area contributed by atoms with Gasteiger partial charge < -0.3 is 4.74 Å². The Balaban J connectivity index is 1.30. The molecule has 0 aromatic rings. The fraction of sp³-hybridized carbons (Fsp3) is 1.00. The fourth-order valence-corrected chi connectivity index (χ4v) is 10.6. The van der Waals surface area contributed by atoms with Gasteiger partial charge in [0.05, 0.1) is 12.4 Å². The monoisotopic (exact) mass is 480 g/mol. The molecule has 33 heavy (non-hydrogen) atoms. The summed E-state index contributed by atoms with van der Waals surface area (Å²) in [6.45, 7) is 12.4. The Kier molecular flexibility index (Phi) is 6.31. The number of epoxide rings is 1. The van der Waals surface area contributed by atoms with Crippen molar-refractivity contribution in [3.8, 4) is 0 Å². The summed E-state index contributed by atoms with van der Waals surface area (Å²) in [6.07, 6.45) is 14.2. The van der Waals surface area contributed by atoms with E-state index in [0.29, 0.717) is 11.3 Å². The summed E-state index contributed by atoms with van der Waals surface area (Å²) in [6, 6.07) is 0. The first-order chi connectivity index (χ1) is 15.4. The van der Waals surface area contributed by atoms with Crippen molar-refractivity contribution in [2.24, 2.45) is 52.3 Å². The van der Waals surface area contributed by atoms with Crippen molar-refractivity contribution in [1.29, 1.82) is 0 Å². The average Bonchev–Trinajstić information content (AvgIpc) is 3.44. The first kappa shape index (κ1) is 24.6. The Morgan fingerprint density at radius 1 is 1.00 bits per heavy atom. The van der Waals surface area contributed by atoms with Crippen LogP contribution in [0.5, 0.6) is 0 Å². The Morgan fingerprint density at radius 2 is 1.76 bits per heavy atom. The van der Waals surface area contributed by atoms with Crippen molar-refractivity contribution in [2.75, 3.05) is 6.26 Å². The summed E-state index contributed by atoms with van der Waals surface area (Å²) < 4.78 is 35.3. The molecule has 5 rings (SSSR count). The molecule has 0 amide bonds. The van der Waals surface area contributed by atoms with E-state index >= 15 is 0 Å². The van der Waals surface area contributed by atoms with Crippen LogP contribution in [-0.2, 0) is 19.0 Å². The van der Waals surface area contributed by atoms with Gasteiger partial charge in [-0.15, -0.1) is 0 Å². The Hall–Kier alpha value is -0.130. The average molecular weight is 481 g/mol. The van der Waals surface area contributed by atoms with Gasteiger partial charge in [0.2, 0.25) is 0 Å². The van der Waals surface area contributed by atoms with Crippen molar-refractivity contribution < 1.29 is 17.3 Å². The van der Waals surface area contributed by atoms with Crippen LogP contribution in [0, 0.1) is 52.3 Å². The molecule has 0 N–H and O–H groups in total. The first-order valence-electron chi connectivity index (χ1n) is 14.0. The molecule has 0 bridgehead atoms. The van der Waals surface area contributed by atoms with E-state index in [0.717, 1.165) is 41.9 Å². The molecule has 1 saturated heterocycles. The number of rotatable bonds is 7. The van der Waals surface area contributed by atoms with E-state index in [1.54, 1.807) is 0 Å². The molecule has 4 aliphatic carbocycles. The zero-order valence-corrected chi connectivity index (χ0v) is 22.7. The highest BCUT2D eigenvalue weighted by molar-refractivity contribution is 7.86. The van der Waals surface area contributed by atoms with E-state index in [1.165, 1.54) is 64.0 Å². The van der Waals surface area contributed by atoms with Crippen molar-refractivity contribution in [3.05, 3.63) is 0 Å². The topological polar surface area (TPSA) is 55.9 Å². The minimum atomic E-state index is -3.44. The van der Waals surface area contributed by atoms with Crippen LogP contribution in [0.1, 0.15) is 98.8 Å². The summed E-state index contributed by atoms with van der Waals surface area (Å²) in [5.41, 5.74) is 0.718. The molecule has 5 heteroatoms. The van der Waals surface area contributed by atoms with Crippen molar-refractivity contribution in [1.82, 2.24) is 0 Å². The molecule has 0 unspecified atom stereocenters. The van der Waals surface area contributed by atoms with Gasteiger partial charge in [0.15, 0.2) is 0 Å². The minimum absolute atomic E-state index is 0.00894. The van der Waals surface area contributed by atoms with Crippen LogP contribution < -0.4 is 0 Å². The number of hydrogen-bond donors (Lipinski definition) is 0. The minimum Gasteiger partial charge on any atom is -0.366 e. The highest BCUT2D eigenvalue weighted by atomic mass is 32.2. The predicted molar refractivity (Wildman–Crippen MR) is 132 cm³/mol.